The number of thiocarbonyl (C=S) groups is 2. The molecule has 0 aliphatic rings. The van der Waals surface area contributed by atoms with E-state index < -0.39 is 6.09 Å². The molecule has 0 aromatic carbocycles. The molecule has 0 aliphatic carbocycles. The quantitative estimate of drug-likeness (QED) is 0.625. The van der Waals surface area contributed by atoms with E-state index in [2.05, 4.69) is 12.2 Å². The Hall–Kier alpha value is -0.550. The van der Waals surface area contributed by atoms with Gasteiger partial charge in [0.1, 0.15) is 4.99 Å². The molecule has 0 unspecified atom stereocenters. The van der Waals surface area contributed by atoms with Gasteiger partial charge < -0.3 is 5.11 Å². The van der Waals surface area contributed by atoms with Crippen LogP contribution in [0.25, 0.3) is 0 Å². The SMILES string of the molecule is CCC(=S)C(=S)NC(=O)O. The fourth-order valence-electron chi connectivity index (χ4n) is 0.327. The molecule has 0 saturated heterocycles. The Morgan fingerprint density at radius 1 is 1.60 bits per heavy atom. The van der Waals surface area contributed by atoms with E-state index in [9.17, 15) is 4.79 Å². The number of carbonyl (C=O) groups is 1. The number of nitrogens with one attached hydrogen (secondary N) is 1. The van der Waals surface area contributed by atoms with Gasteiger partial charge in [0.15, 0.2) is 0 Å². The van der Waals surface area contributed by atoms with Gasteiger partial charge in [-0.3, -0.25) is 5.32 Å². The number of hydrogen-bond donors (Lipinski definition) is 2. The Labute approximate surface area is 69.4 Å². The van der Waals surface area contributed by atoms with Gasteiger partial charge in [-0.25, -0.2) is 4.79 Å². The van der Waals surface area contributed by atoms with E-state index in [0.29, 0.717) is 11.3 Å². The van der Waals surface area contributed by atoms with Crippen molar-refractivity contribution in [3.05, 3.63) is 0 Å². The van der Waals surface area contributed by atoms with Crippen LogP contribution in [0.15, 0.2) is 0 Å². The minimum atomic E-state index is -1.17. The largest absolute Gasteiger partial charge is 0.465 e. The van der Waals surface area contributed by atoms with Crippen LogP contribution >= 0.6 is 24.4 Å². The normalized spacial score (nSPS) is 8.50. The minimum absolute atomic E-state index is 0.130. The summed E-state index contributed by atoms with van der Waals surface area (Å²) < 4.78 is 0. The highest BCUT2D eigenvalue weighted by atomic mass is 32.1. The first-order valence-corrected chi connectivity index (χ1v) is 3.46. The van der Waals surface area contributed by atoms with Crippen LogP contribution in [0, 0.1) is 0 Å². The van der Waals surface area contributed by atoms with E-state index in [1.165, 1.54) is 0 Å². The zero-order valence-electron chi connectivity index (χ0n) is 5.38. The van der Waals surface area contributed by atoms with E-state index in [4.69, 9.17) is 17.3 Å². The summed E-state index contributed by atoms with van der Waals surface area (Å²) >= 11 is 9.35. The van der Waals surface area contributed by atoms with Crippen LogP contribution < -0.4 is 5.32 Å². The molecule has 3 nitrogen and oxygen atoms in total. The average molecular weight is 177 g/mol. The van der Waals surface area contributed by atoms with Crippen molar-refractivity contribution >= 4 is 40.4 Å². The van der Waals surface area contributed by atoms with E-state index in [1.807, 2.05) is 12.2 Å². The molecule has 2 N–H and O–H groups in total. The lowest BCUT2D eigenvalue weighted by Gasteiger charge is -2.00. The molecule has 1 amide bonds. The molecule has 0 aromatic rings. The van der Waals surface area contributed by atoms with Gasteiger partial charge in [-0.05, 0) is 6.42 Å². The van der Waals surface area contributed by atoms with Gasteiger partial charge in [0.25, 0.3) is 0 Å². The standard InChI is InChI=1S/C5H7NO2S2/c1-2-3(9)4(10)6-5(7)8/h2H2,1H3,(H,6,10)(H,7,8). The second-order valence-corrected chi connectivity index (χ2v) is 2.44. The zero-order chi connectivity index (χ0) is 8.15. The third kappa shape index (κ3) is 3.47. The number of hydrogen-bond acceptors (Lipinski definition) is 3. The Morgan fingerprint density at radius 2 is 2.10 bits per heavy atom. The highest BCUT2D eigenvalue weighted by Crippen LogP contribution is 1.87. The van der Waals surface area contributed by atoms with Crippen LogP contribution in [-0.2, 0) is 0 Å². The van der Waals surface area contributed by atoms with Crippen LogP contribution in [-0.4, -0.2) is 21.1 Å². The third-order valence-corrected chi connectivity index (χ3v) is 1.77. The van der Waals surface area contributed by atoms with Crippen molar-refractivity contribution in [3.8, 4) is 0 Å². The molecule has 10 heavy (non-hydrogen) atoms. The molecule has 0 fully saturated rings. The summed E-state index contributed by atoms with van der Waals surface area (Å²) in [5.74, 6) is 0. The molecule has 0 heterocycles. The van der Waals surface area contributed by atoms with Gasteiger partial charge in [-0.1, -0.05) is 31.4 Å². The second kappa shape index (κ2) is 4.29. The Kier molecular flexibility index (Phi) is 4.06. The van der Waals surface area contributed by atoms with Crippen molar-refractivity contribution in [2.75, 3.05) is 0 Å². The molecule has 56 valence electrons. The maximum atomic E-state index is 9.97. The molecule has 0 rings (SSSR count). The summed E-state index contributed by atoms with van der Waals surface area (Å²) in [6, 6.07) is 0. The number of carboxylic acid groups (broad SMARTS) is 1. The van der Waals surface area contributed by atoms with Gasteiger partial charge in [0.2, 0.25) is 0 Å². The first-order valence-electron chi connectivity index (χ1n) is 2.65. The maximum absolute atomic E-state index is 9.97. The second-order valence-electron chi connectivity index (χ2n) is 1.54. The molecule has 5 heteroatoms. The van der Waals surface area contributed by atoms with E-state index in [-0.39, 0.29) is 4.99 Å². The van der Waals surface area contributed by atoms with Crippen molar-refractivity contribution in [2.24, 2.45) is 0 Å². The van der Waals surface area contributed by atoms with Crippen molar-refractivity contribution in [1.29, 1.82) is 0 Å². The Balaban J connectivity index is 3.86. The van der Waals surface area contributed by atoms with Gasteiger partial charge in [0.05, 0.1) is 0 Å². The van der Waals surface area contributed by atoms with Crippen molar-refractivity contribution in [3.63, 3.8) is 0 Å². The summed E-state index contributed by atoms with van der Waals surface area (Å²) in [4.78, 5) is 10.6. The monoisotopic (exact) mass is 177 g/mol. The van der Waals surface area contributed by atoms with Crippen LogP contribution in [0.1, 0.15) is 13.3 Å². The van der Waals surface area contributed by atoms with Gasteiger partial charge in [-0.15, -0.1) is 0 Å². The summed E-state index contributed by atoms with van der Waals surface area (Å²) in [6.45, 7) is 1.82. The lowest BCUT2D eigenvalue weighted by atomic mass is 10.3. The van der Waals surface area contributed by atoms with Gasteiger partial charge >= 0.3 is 6.09 Å². The fraction of sp³-hybridized carbons (Fsp3) is 0.400. The summed E-state index contributed by atoms with van der Waals surface area (Å²) in [5, 5.41) is 10.2. The number of rotatable bonds is 2. The van der Waals surface area contributed by atoms with Gasteiger partial charge in [-0.2, -0.15) is 0 Å². The minimum Gasteiger partial charge on any atom is -0.465 e. The molecular formula is C5H7NO2S2. The molecule has 0 radical (unpaired) electrons. The third-order valence-electron chi connectivity index (χ3n) is 0.795. The lowest BCUT2D eigenvalue weighted by molar-refractivity contribution is 0.200. The topological polar surface area (TPSA) is 49.3 Å². The van der Waals surface area contributed by atoms with Crippen molar-refractivity contribution < 1.29 is 9.90 Å². The molecule has 0 atom stereocenters. The Morgan fingerprint density at radius 3 is 2.40 bits per heavy atom. The summed E-state index contributed by atoms with van der Waals surface area (Å²) in [5.41, 5.74) is 0. The maximum Gasteiger partial charge on any atom is 0.409 e. The smallest absolute Gasteiger partial charge is 0.409 e. The van der Waals surface area contributed by atoms with Gasteiger partial charge in [0, 0.05) is 4.86 Å². The van der Waals surface area contributed by atoms with Crippen LogP contribution in [0.3, 0.4) is 0 Å². The fourth-order valence-corrected chi connectivity index (χ4v) is 0.610. The van der Waals surface area contributed by atoms with E-state index in [0.717, 1.165) is 0 Å². The molecule has 0 bridgehead atoms. The highest BCUT2D eigenvalue weighted by Gasteiger charge is 2.03. The zero-order valence-corrected chi connectivity index (χ0v) is 7.01. The first-order chi connectivity index (χ1) is 4.57. The number of amides is 1. The molecule has 0 spiro atoms. The molecular weight excluding hydrogens is 170 g/mol. The van der Waals surface area contributed by atoms with E-state index >= 15 is 0 Å². The molecule has 0 saturated carbocycles. The highest BCUT2D eigenvalue weighted by molar-refractivity contribution is 7.89. The first kappa shape index (κ1) is 9.45. The van der Waals surface area contributed by atoms with Crippen LogP contribution in [0.5, 0.6) is 0 Å². The predicted molar refractivity (Wildman–Crippen MR) is 46.6 cm³/mol. The average Bonchev–Trinajstić information content (AvgIpc) is 1.85. The summed E-state index contributed by atoms with van der Waals surface area (Å²) in [7, 11) is 0. The summed E-state index contributed by atoms with van der Waals surface area (Å²) in [6.07, 6.45) is -0.574. The van der Waals surface area contributed by atoms with Crippen LogP contribution in [0.2, 0.25) is 0 Å². The lowest BCUT2D eigenvalue weighted by Crippen LogP contribution is -2.31. The molecule has 0 aliphatic heterocycles. The van der Waals surface area contributed by atoms with Crippen LogP contribution in [0.4, 0.5) is 4.79 Å². The van der Waals surface area contributed by atoms with Crippen molar-refractivity contribution in [1.82, 2.24) is 5.32 Å². The Bertz CT molecular complexity index is 178. The predicted octanol–water partition coefficient (Wildman–Crippen LogP) is 1.36. The molecule has 0 aromatic heterocycles. The van der Waals surface area contributed by atoms with Crippen molar-refractivity contribution in [2.45, 2.75) is 13.3 Å². The van der Waals surface area contributed by atoms with E-state index in [1.54, 1.807) is 0 Å².